The average molecular weight is 397 g/mol. The van der Waals surface area contributed by atoms with Crippen LogP contribution < -0.4 is 10.2 Å². The molecule has 2 heterocycles. The van der Waals surface area contributed by atoms with Gasteiger partial charge in [0.25, 0.3) is 0 Å². The number of anilines is 2. The van der Waals surface area contributed by atoms with Crippen molar-refractivity contribution in [2.45, 2.75) is 11.2 Å². The number of aromatic nitrogens is 1. The van der Waals surface area contributed by atoms with E-state index in [0.717, 1.165) is 12.1 Å². The van der Waals surface area contributed by atoms with E-state index in [-0.39, 0.29) is 17.3 Å². The molecule has 1 aromatic heterocycles. The summed E-state index contributed by atoms with van der Waals surface area (Å²) in [4.78, 5) is 18.3. The molecule has 1 aliphatic rings. The lowest BCUT2D eigenvalue weighted by molar-refractivity contribution is -0.137. The highest BCUT2D eigenvalue weighted by Gasteiger charge is 2.31. The van der Waals surface area contributed by atoms with Crippen molar-refractivity contribution in [3.63, 3.8) is 0 Å². The number of pyridine rings is 1. The summed E-state index contributed by atoms with van der Waals surface area (Å²) in [6, 6.07) is 8.74. The third-order valence-corrected chi connectivity index (χ3v) is 4.88. The van der Waals surface area contributed by atoms with Crippen LogP contribution in [0.3, 0.4) is 0 Å². The molecule has 0 atom stereocenters. The van der Waals surface area contributed by atoms with Crippen LogP contribution in [0.25, 0.3) is 0 Å². The molecule has 144 valence electrons. The van der Waals surface area contributed by atoms with Crippen LogP contribution in [-0.2, 0) is 15.7 Å². The normalized spacial score (nSPS) is 14.9. The van der Waals surface area contributed by atoms with E-state index in [1.807, 2.05) is 4.90 Å². The molecule has 0 unspecified atom stereocenters. The monoisotopic (exact) mass is 397 g/mol. The number of benzene rings is 1. The first-order valence-corrected chi connectivity index (χ1v) is 9.29. The van der Waals surface area contributed by atoms with Gasteiger partial charge in [-0.2, -0.15) is 13.2 Å². The molecule has 0 spiro atoms. The Hall–Kier alpha value is -2.26. The zero-order chi connectivity index (χ0) is 19.3. The van der Waals surface area contributed by atoms with E-state index >= 15 is 0 Å². The summed E-state index contributed by atoms with van der Waals surface area (Å²) in [5.74, 6) is -0.338. The lowest BCUT2D eigenvalue weighted by atomic mass is 10.1. The Labute approximate surface area is 158 Å². The van der Waals surface area contributed by atoms with Gasteiger partial charge >= 0.3 is 6.18 Å². The summed E-state index contributed by atoms with van der Waals surface area (Å²) in [7, 11) is 0. The second-order valence-electron chi connectivity index (χ2n) is 5.83. The van der Waals surface area contributed by atoms with Crippen LogP contribution in [0.1, 0.15) is 5.56 Å². The molecule has 2 aromatic rings. The second-order valence-corrected chi connectivity index (χ2v) is 6.83. The molecule has 0 saturated carbocycles. The minimum atomic E-state index is -4.48. The van der Waals surface area contributed by atoms with Crippen LogP contribution in [0.5, 0.6) is 0 Å². The van der Waals surface area contributed by atoms with Gasteiger partial charge in [-0.3, -0.25) is 4.79 Å². The number of thioether (sulfide) groups is 1. The summed E-state index contributed by atoms with van der Waals surface area (Å²) >= 11 is 1.22. The average Bonchev–Trinajstić information content (AvgIpc) is 2.67. The topological polar surface area (TPSA) is 54.5 Å². The molecular weight excluding hydrogens is 379 g/mol. The van der Waals surface area contributed by atoms with E-state index in [1.165, 1.54) is 17.8 Å². The number of amides is 1. The largest absolute Gasteiger partial charge is 0.416 e. The number of halogens is 3. The number of ether oxygens (including phenoxy) is 1. The molecule has 3 rings (SSSR count). The Morgan fingerprint density at radius 2 is 2.00 bits per heavy atom. The molecule has 1 N–H and O–H groups in total. The maximum Gasteiger partial charge on any atom is 0.416 e. The lowest BCUT2D eigenvalue weighted by Gasteiger charge is -2.31. The number of carbonyl (C=O) groups excluding carboxylic acids is 1. The first kappa shape index (κ1) is 19.5. The number of nitrogens with zero attached hydrogens (tertiary/aromatic N) is 2. The van der Waals surface area contributed by atoms with Crippen molar-refractivity contribution in [1.82, 2.24) is 4.98 Å². The van der Waals surface area contributed by atoms with Gasteiger partial charge in [-0.05, 0) is 30.3 Å². The van der Waals surface area contributed by atoms with E-state index in [2.05, 4.69) is 10.3 Å². The van der Waals surface area contributed by atoms with Crippen molar-refractivity contribution in [3.8, 4) is 0 Å². The van der Waals surface area contributed by atoms with Crippen LogP contribution >= 0.6 is 11.8 Å². The highest BCUT2D eigenvalue weighted by molar-refractivity contribution is 7.99. The summed E-state index contributed by atoms with van der Waals surface area (Å²) in [5.41, 5.74) is -0.0898. The molecule has 0 aliphatic carbocycles. The van der Waals surface area contributed by atoms with Crippen LogP contribution in [-0.4, -0.2) is 42.9 Å². The number of morpholine rings is 1. The third-order valence-electron chi connectivity index (χ3n) is 3.94. The van der Waals surface area contributed by atoms with Crippen molar-refractivity contribution in [2.75, 3.05) is 42.3 Å². The van der Waals surface area contributed by atoms with Gasteiger partial charge in [0.2, 0.25) is 5.91 Å². The maximum absolute atomic E-state index is 13.1. The van der Waals surface area contributed by atoms with Gasteiger partial charge in [0.1, 0.15) is 0 Å². The SMILES string of the molecule is O=C(CSc1ccccn1)Nc1cc(C(F)(F)F)ccc1N1CCOCC1. The summed E-state index contributed by atoms with van der Waals surface area (Å²) in [6.07, 6.45) is -2.87. The number of alkyl halides is 3. The predicted molar refractivity (Wildman–Crippen MR) is 98.1 cm³/mol. The fourth-order valence-electron chi connectivity index (χ4n) is 2.65. The van der Waals surface area contributed by atoms with Crippen molar-refractivity contribution in [3.05, 3.63) is 48.2 Å². The number of hydrogen-bond donors (Lipinski definition) is 1. The Kier molecular flexibility index (Phi) is 6.22. The molecule has 1 aliphatic heterocycles. The molecule has 1 saturated heterocycles. The molecule has 0 bridgehead atoms. The van der Waals surface area contributed by atoms with Crippen molar-refractivity contribution in [1.29, 1.82) is 0 Å². The quantitative estimate of drug-likeness (QED) is 0.781. The van der Waals surface area contributed by atoms with Crippen LogP contribution in [0.2, 0.25) is 0 Å². The molecule has 27 heavy (non-hydrogen) atoms. The van der Waals surface area contributed by atoms with E-state index in [1.54, 1.807) is 24.4 Å². The third kappa shape index (κ3) is 5.36. The Morgan fingerprint density at radius 3 is 2.67 bits per heavy atom. The van der Waals surface area contributed by atoms with Crippen molar-refractivity contribution < 1.29 is 22.7 Å². The molecule has 1 fully saturated rings. The Bertz CT molecular complexity index is 781. The highest BCUT2D eigenvalue weighted by atomic mass is 32.2. The van der Waals surface area contributed by atoms with E-state index in [4.69, 9.17) is 4.74 Å². The van der Waals surface area contributed by atoms with Gasteiger partial charge in [-0.1, -0.05) is 17.8 Å². The molecule has 1 aromatic carbocycles. The van der Waals surface area contributed by atoms with Gasteiger partial charge in [0.05, 0.1) is 40.9 Å². The fraction of sp³-hybridized carbons (Fsp3) is 0.333. The van der Waals surface area contributed by atoms with Crippen molar-refractivity contribution in [2.24, 2.45) is 0 Å². The van der Waals surface area contributed by atoms with Crippen LogP contribution in [0, 0.1) is 0 Å². The van der Waals surface area contributed by atoms with Gasteiger partial charge in [0.15, 0.2) is 0 Å². The molecule has 1 amide bonds. The lowest BCUT2D eigenvalue weighted by Crippen LogP contribution is -2.37. The smallest absolute Gasteiger partial charge is 0.378 e. The summed E-state index contributed by atoms with van der Waals surface area (Å²) < 4.78 is 44.6. The van der Waals surface area contributed by atoms with Gasteiger partial charge in [0, 0.05) is 19.3 Å². The Morgan fingerprint density at radius 1 is 1.22 bits per heavy atom. The van der Waals surface area contributed by atoms with Gasteiger partial charge in [-0.15, -0.1) is 0 Å². The molecule has 9 heteroatoms. The maximum atomic E-state index is 13.1. The van der Waals surface area contributed by atoms with Crippen LogP contribution in [0.15, 0.2) is 47.6 Å². The number of hydrogen-bond acceptors (Lipinski definition) is 5. The van der Waals surface area contributed by atoms with Crippen molar-refractivity contribution >= 4 is 29.0 Å². The molecular formula is C18H18F3N3O2S. The zero-order valence-electron chi connectivity index (χ0n) is 14.3. The van der Waals surface area contributed by atoms with Crippen LogP contribution in [0.4, 0.5) is 24.5 Å². The summed E-state index contributed by atoms with van der Waals surface area (Å²) in [6.45, 7) is 2.09. The second kappa shape index (κ2) is 8.62. The standard InChI is InChI=1S/C18H18F3N3O2S/c19-18(20,21)13-4-5-15(24-7-9-26-10-8-24)14(11-13)23-16(25)12-27-17-3-1-2-6-22-17/h1-6,11H,7-10,12H2,(H,23,25). The van der Waals surface area contributed by atoms with Gasteiger partial charge < -0.3 is 15.0 Å². The molecule has 5 nitrogen and oxygen atoms in total. The number of rotatable bonds is 5. The Balaban J connectivity index is 1.76. The predicted octanol–water partition coefficient (Wildman–Crippen LogP) is 3.67. The number of nitrogens with one attached hydrogen (secondary N) is 1. The van der Waals surface area contributed by atoms with Gasteiger partial charge in [-0.25, -0.2) is 4.98 Å². The fourth-order valence-corrected chi connectivity index (χ4v) is 3.31. The van der Waals surface area contributed by atoms with E-state index in [9.17, 15) is 18.0 Å². The summed E-state index contributed by atoms with van der Waals surface area (Å²) in [5, 5.41) is 3.29. The number of carbonyl (C=O) groups is 1. The zero-order valence-corrected chi connectivity index (χ0v) is 15.1. The van der Waals surface area contributed by atoms with E-state index in [0.29, 0.717) is 37.0 Å². The molecule has 0 radical (unpaired) electrons. The first-order valence-electron chi connectivity index (χ1n) is 8.31. The van der Waals surface area contributed by atoms with E-state index < -0.39 is 11.7 Å². The first-order chi connectivity index (χ1) is 12.9. The minimum absolute atomic E-state index is 0.0514. The highest BCUT2D eigenvalue weighted by Crippen LogP contribution is 2.36. The minimum Gasteiger partial charge on any atom is -0.378 e.